The molecule has 0 radical (unpaired) electrons. The van der Waals surface area contributed by atoms with Crippen LogP contribution >= 0.6 is 11.3 Å². The van der Waals surface area contributed by atoms with Crippen LogP contribution < -0.4 is 10.6 Å². The van der Waals surface area contributed by atoms with Crippen molar-refractivity contribution in [2.45, 2.75) is 46.3 Å². The first-order valence-electron chi connectivity index (χ1n) is 6.41. The number of rotatable bonds is 5. The number of amides is 2. The topological polar surface area (TPSA) is 80.3 Å². The Kier molecular flexibility index (Phi) is 5.94. The van der Waals surface area contributed by atoms with E-state index in [1.54, 1.807) is 20.8 Å². The Morgan fingerprint density at radius 2 is 2.05 bits per heavy atom. The Hall–Kier alpha value is -1.63. The monoisotopic (exact) mass is 299 g/mol. The van der Waals surface area contributed by atoms with E-state index < -0.39 is 11.7 Å². The highest BCUT2D eigenvalue weighted by Crippen LogP contribution is 2.08. The summed E-state index contributed by atoms with van der Waals surface area (Å²) < 4.78 is 5.06. The molecule has 1 aromatic heterocycles. The van der Waals surface area contributed by atoms with Crippen LogP contribution in [0.1, 0.15) is 37.9 Å². The highest BCUT2D eigenvalue weighted by molar-refractivity contribution is 7.09. The molecule has 0 saturated carbocycles. The summed E-state index contributed by atoms with van der Waals surface area (Å²) in [4.78, 5) is 27.2. The normalized spacial score (nSPS) is 11.0. The second-order valence-corrected chi connectivity index (χ2v) is 6.28. The van der Waals surface area contributed by atoms with Gasteiger partial charge in [0.15, 0.2) is 0 Å². The Bertz CT molecular complexity index is 466. The van der Waals surface area contributed by atoms with Crippen LogP contribution in [-0.4, -0.2) is 29.1 Å². The maximum atomic E-state index is 11.6. The fourth-order valence-electron chi connectivity index (χ4n) is 1.34. The first-order chi connectivity index (χ1) is 9.26. The number of nitrogens with one attached hydrogen (secondary N) is 2. The van der Waals surface area contributed by atoms with Crippen LogP contribution in [0.5, 0.6) is 0 Å². The van der Waals surface area contributed by atoms with E-state index in [1.807, 2.05) is 12.3 Å². The first-order valence-corrected chi connectivity index (χ1v) is 7.29. The average Bonchev–Trinajstić information content (AvgIpc) is 2.70. The van der Waals surface area contributed by atoms with Gasteiger partial charge in [0.25, 0.3) is 0 Å². The van der Waals surface area contributed by atoms with Crippen LogP contribution in [-0.2, 0) is 16.1 Å². The lowest BCUT2D eigenvalue weighted by Crippen LogP contribution is -2.35. The zero-order valence-corrected chi connectivity index (χ0v) is 13.1. The third kappa shape index (κ3) is 7.08. The van der Waals surface area contributed by atoms with Gasteiger partial charge in [-0.3, -0.25) is 4.79 Å². The van der Waals surface area contributed by atoms with Gasteiger partial charge in [-0.05, 0) is 27.7 Å². The van der Waals surface area contributed by atoms with Gasteiger partial charge in [-0.2, -0.15) is 0 Å². The van der Waals surface area contributed by atoms with E-state index in [9.17, 15) is 9.59 Å². The van der Waals surface area contributed by atoms with E-state index in [1.165, 1.54) is 11.3 Å². The van der Waals surface area contributed by atoms with Crippen LogP contribution in [0, 0.1) is 6.92 Å². The molecule has 0 aliphatic rings. The molecule has 1 heterocycles. The number of aromatic nitrogens is 1. The Morgan fingerprint density at radius 3 is 2.60 bits per heavy atom. The molecule has 2 amide bonds. The largest absolute Gasteiger partial charge is 0.444 e. The molecular weight excluding hydrogens is 278 g/mol. The van der Waals surface area contributed by atoms with Gasteiger partial charge in [-0.25, -0.2) is 9.78 Å². The predicted octanol–water partition coefficient (Wildman–Crippen LogP) is 1.98. The van der Waals surface area contributed by atoms with Gasteiger partial charge in [0, 0.05) is 24.0 Å². The molecule has 0 fully saturated rings. The smallest absolute Gasteiger partial charge is 0.407 e. The molecule has 0 saturated heterocycles. The molecular formula is C13H21N3O3S. The van der Waals surface area contributed by atoms with Gasteiger partial charge >= 0.3 is 6.09 Å². The number of carbonyl (C=O) groups is 2. The minimum absolute atomic E-state index is 0.131. The fourth-order valence-corrected chi connectivity index (χ4v) is 2.05. The molecule has 0 spiro atoms. The third-order valence-corrected chi connectivity index (χ3v) is 3.09. The van der Waals surface area contributed by atoms with Crippen molar-refractivity contribution in [3.63, 3.8) is 0 Å². The number of nitrogens with zero attached hydrogens (tertiary/aromatic N) is 1. The Balaban J connectivity index is 2.16. The van der Waals surface area contributed by atoms with Gasteiger partial charge in [0.1, 0.15) is 10.6 Å². The van der Waals surface area contributed by atoms with Gasteiger partial charge in [-0.15, -0.1) is 11.3 Å². The minimum Gasteiger partial charge on any atom is -0.444 e. The molecule has 6 nitrogen and oxygen atoms in total. The number of alkyl carbamates (subject to hydrolysis) is 1. The highest BCUT2D eigenvalue weighted by atomic mass is 32.1. The lowest BCUT2D eigenvalue weighted by Gasteiger charge is -2.19. The molecule has 20 heavy (non-hydrogen) atoms. The summed E-state index contributed by atoms with van der Waals surface area (Å²) >= 11 is 1.51. The van der Waals surface area contributed by atoms with Gasteiger partial charge in [0.2, 0.25) is 5.91 Å². The maximum absolute atomic E-state index is 11.6. The summed E-state index contributed by atoms with van der Waals surface area (Å²) in [7, 11) is 0. The molecule has 0 bridgehead atoms. The standard InChI is InChI=1S/C13H21N3O3S/c1-9-8-20-11(16-9)7-15-10(17)5-6-14-12(18)19-13(2,3)4/h8H,5-7H2,1-4H3,(H,14,18)(H,15,17). The summed E-state index contributed by atoms with van der Waals surface area (Å²) in [5, 5.41) is 8.10. The fraction of sp³-hybridized carbons (Fsp3) is 0.615. The van der Waals surface area contributed by atoms with E-state index >= 15 is 0 Å². The number of ether oxygens (including phenoxy) is 1. The predicted molar refractivity (Wildman–Crippen MR) is 77.6 cm³/mol. The third-order valence-electron chi connectivity index (χ3n) is 2.12. The first kappa shape index (κ1) is 16.4. The highest BCUT2D eigenvalue weighted by Gasteiger charge is 2.15. The lowest BCUT2D eigenvalue weighted by molar-refractivity contribution is -0.121. The van der Waals surface area contributed by atoms with Crippen LogP contribution in [0.3, 0.4) is 0 Å². The zero-order valence-electron chi connectivity index (χ0n) is 12.3. The van der Waals surface area contributed by atoms with Gasteiger partial charge in [0.05, 0.1) is 6.54 Å². The Morgan fingerprint density at radius 1 is 1.35 bits per heavy atom. The van der Waals surface area contributed by atoms with Crippen molar-refractivity contribution < 1.29 is 14.3 Å². The second kappa shape index (κ2) is 7.23. The van der Waals surface area contributed by atoms with Crippen molar-refractivity contribution in [2.75, 3.05) is 6.54 Å². The van der Waals surface area contributed by atoms with Crippen molar-refractivity contribution in [3.05, 3.63) is 16.1 Å². The zero-order chi connectivity index (χ0) is 15.2. The summed E-state index contributed by atoms with van der Waals surface area (Å²) in [5.74, 6) is -0.131. The van der Waals surface area contributed by atoms with Gasteiger partial charge in [-0.1, -0.05) is 0 Å². The van der Waals surface area contributed by atoms with E-state index in [0.717, 1.165) is 10.7 Å². The summed E-state index contributed by atoms with van der Waals surface area (Å²) in [6.07, 6.45) is -0.301. The number of hydrogen-bond donors (Lipinski definition) is 2. The minimum atomic E-state index is -0.533. The van der Waals surface area contributed by atoms with Crippen molar-refractivity contribution >= 4 is 23.3 Å². The van der Waals surface area contributed by atoms with E-state index in [2.05, 4.69) is 15.6 Å². The SMILES string of the molecule is Cc1csc(CNC(=O)CCNC(=O)OC(C)(C)C)n1. The Labute approximate surface area is 122 Å². The molecule has 0 unspecified atom stereocenters. The van der Waals surface area contributed by atoms with Crippen molar-refractivity contribution in [1.29, 1.82) is 0 Å². The number of carbonyl (C=O) groups excluding carboxylic acids is 2. The van der Waals surface area contributed by atoms with E-state index in [4.69, 9.17) is 4.74 Å². The molecule has 1 aromatic rings. The van der Waals surface area contributed by atoms with Crippen LogP contribution in [0.4, 0.5) is 4.79 Å². The summed E-state index contributed by atoms with van der Waals surface area (Å²) in [5.41, 5.74) is 0.417. The van der Waals surface area contributed by atoms with Crippen LogP contribution in [0.25, 0.3) is 0 Å². The quantitative estimate of drug-likeness (QED) is 0.871. The number of hydrogen-bond acceptors (Lipinski definition) is 5. The average molecular weight is 299 g/mol. The molecule has 1 rings (SSSR count). The number of aryl methyl sites for hydroxylation is 1. The second-order valence-electron chi connectivity index (χ2n) is 5.34. The van der Waals surface area contributed by atoms with Crippen molar-refractivity contribution in [2.24, 2.45) is 0 Å². The molecule has 0 atom stereocenters. The lowest BCUT2D eigenvalue weighted by atomic mass is 10.2. The van der Waals surface area contributed by atoms with Gasteiger partial charge < -0.3 is 15.4 Å². The molecule has 0 aliphatic carbocycles. The van der Waals surface area contributed by atoms with Crippen LogP contribution in [0.2, 0.25) is 0 Å². The molecule has 7 heteroatoms. The van der Waals surface area contributed by atoms with Crippen LogP contribution in [0.15, 0.2) is 5.38 Å². The summed E-state index contributed by atoms with van der Waals surface area (Å²) in [6, 6.07) is 0. The maximum Gasteiger partial charge on any atom is 0.407 e. The number of thiazole rings is 1. The van der Waals surface area contributed by atoms with Crippen molar-refractivity contribution in [1.82, 2.24) is 15.6 Å². The molecule has 0 aromatic carbocycles. The van der Waals surface area contributed by atoms with E-state index in [0.29, 0.717) is 6.54 Å². The van der Waals surface area contributed by atoms with Crippen molar-refractivity contribution in [3.8, 4) is 0 Å². The molecule has 2 N–H and O–H groups in total. The summed E-state index contributed by atoms with van der Waals surface area (Å²) in [6.45, 7) is 7.94. The van der Waals surface area contributed by atoms with E-state index in [-0.39, 0.29) is 18.9 Å². The molecule has 112 valence electrons. The molecule has 0 aliphatic heterocycles.